The fourth-order valence-corrected chi connectivity index (χ4v) is 4.44. The summed E-state index contributed by atoms with van der Waals surface area (Å²) in [4.78, 5) is 4.49. The number of para-hydroxylation sites is 2. The third kappa shape index (κ3) is 4.23. The number of rotatable bonds is 7. The molecule has 0 saturated heterocycles. The van der Waals surface area contributed by atoms with Gasteiger partial charge in [-0.2, -0.15) is 0 Å². The van der Waals surface area contributed by atoms with Crippen molar-refractivity contribution in [3.8, 4) is 22.8 Å². The van der Waals surface area contributed by atoms with Crippen LogP contribution in [0.1, 0.15) is 11.9 Å². The first-order valence-corrected chi connectivity index (χ1v) is 10.7. The minimum Gasteiger partial charge on any atom is -0.495 e. The van der Waals surface area contributed by atoms with Gasteiger partial charge in [0.2, 0.25) is 0 Å². The number of sulfonamides is 1. The first kappa shape index (κ1) is 19.2. The maximum atomic E-state index is 13.1. The van der Waals surface area contributed by atoms with Crippen LogP contribution in [0.15, 0.2) is 52.7 Å². The molecule has 6 nitrogen and oxygen atoms in total. The Kier molecular flexibility index (Phi) is 5.67. The summed E-state index contributed by atoms with van der Waals surface area (Å²) in [6.07, 6.45) is 0. The Morgan fingerprint density at radius 2 is 1.93 bits per heavy atom. The number of hydrogen-bond donors (Lipinski definition) is 1. The molecule has 0 radical (unpaired) electrons. The van der Waals surface area contributed by atoms with Gasteiger partial charge in [-0.1, -0.05) is 12.1 Å². The molecular formula is C19H20N2O4S2. The standard InChI is InChI=1S/C19H20N2O4S2/c1-4-25-18-10-9-14(16-12-26-13(2)20-16)11-19(18)27(22,23)21-15-7-5-6-8-17(15)24-3/h5-12,21H,4H2,1-3H3. The van der Waals surface area contributed by atoms with Crippen LogP contribution in [0.5, 0.6) is 11.5 Å². The zero-order valence-corrected chi connectivity index (χ0v) is 16.9. The van der Waals surface area contributed by atoms with E-state index in [2.05, 4.69) is 9.71 Å². The number of nitrogens with one attached hydrogen (secondary N) is 1. The van der Waals surface area contributed by atoms with Crippen LogP contribution in [0.3, 0.4) is 0 Å². The second-order valence-electron chi connectivity index (χ2n) is 5.65. The van der Waals surface area contributed by atoms with Gasteiger partial charge < -0.3 is 9.47 Å². The minimum absolute atomic E-state index is 0.0541. The Morgan fingerprint density at radius 3 is 2.59 bits per heavy atom. The van der Waals surface area contributed by atoms with E-state index >= 15 is 0 Å². The van der Waals surface area contributed by atoms with E-state index in [0.29, 0.717) is 23.6 Å². The van der Waals surface area contributed by atoms with Gasteiger partial charge in [0.15, 0.2) is 0 Å². The third-order valence-electron chi connectivity index (χ3n) is 3.80. The van der Waals surface area contributed by atoms with Gasteiger partial charge in [-0.15, -0.1) is 11.3 Å². The summed E-state index contributed by atoms with van der Waals surface area (Å²) in [6.45, 7) is 4.07. The lowest BCUT2D eigenvalue weighted by molar-refractivity contribution is 0.331. The van der Waals surface area contributed by atoms with Crippen molar-refractivity contribution in [2.45, 2.75) is 18.7 Å². The monoisotopic (exact) mass is 404 g/mol. The minimum atomic E-state index is -3.90. The summed E-state index contributed by atoms with van der Waals surface area (Å²) < 4.78 is 39.5. The highest BCUT2D eigenvalue weighted by molar-refractivity contribution is 7.92. The molecular weight excluding hydrogens is 384 g/mol. The molecule has 1 heterocycles. The topological polar surface area (TPSA) is 77.5 Å². The van der Waals surface area contributed by atoms with E-state index in [9.17, 15) is 8.42 Å². The Bertz CT molecular complexity index is 1050. The highest BCUT2D eigenvalue weighted by Crippen LogP contribution is 2.33. The van der Waals surface area contributed by atoms with Gasteiger partial charge in [0.05, 0.1) is 30.1 Å². The van der Waals surface area contributed by atoms with E-state index in [1.54, 1.807) is 36.4 Å². The summed E-state index contributed by atoms with van der Waals surface area (Å²) >= 11 is 1.51. The molecule has 0 bridgehead atoms. The van der Waals surface area contributed by atoms with E-state index in [0.717, 1.165) is 10.7 Å². The first-order valence-electron chi connectivity index (χ1n) is 8.29. The Hall–Kier alpha value is -2.58. The molecule has 142 valence electrons. The van der Waals surface area contributed by atoms with Gasteiger partial charge in [-0.05, 0) is 44.2 Å². The number of benzene rings is 2. The number of thiazole rings is 1. The molecule has 0 aliphatic carbocycles. The number of nitrogens with zero attached hydrogens (tertiary/aromatic N) is 1. The summed E-state index contributed by atoms with van der Waals surface area (Å²) in [6, 6.07) is 11.9. The summed E-state index contributed by atoms with van der Waals surface area (Å²) in [5.74, 6) is 0.723. The van der Waals surface area contributed by atoms with Crippen molar-refractivity contribution in [2.75, 3.05) is 18.4 Å². The van der Waals surface area contributed by atoms with Crippen LogP contribution >= 0.6 is 11.3 Å². The molecule has 8 heteroatoms. The van der Waals surface area contributed by atoms with E-state index in [4.69, 9.17) is 9.47 Å². The quantitative estimate of drug-likeness (QED) is 0.634. The second-order valence-corrected chi connectivity index (χ2v) is 8.37. The van der Waals surface area contributed by atoms with Crippen molar-refractivity contribution in [1.82, 2.24) is 4.98 Å². The SMILES string of the molecule is CCOc1ccc(-c2csc(C)n2)cc1S(=O)(=O)Nc1ccccc1OC. The van der Waals surface area contributed by atoms with E-state index in [-0.39, 0.29) is 10.6 Å². The molecule has 27 heavy (non-hydrogen) atoms. The van der Waals surface area contributed by atoms with Crippen LogP contribution in [0.4, 0.5) is 5.69 Å². The number of anilines is 1. The Balaban J connectivity index is 2.06. The van der Waals surface area contributed by atoms with E-state index in [1.807, 2.05) is 25.3 Å². The smallest absolute Gasteiger partial charge is 0.265 e. The molecule has 1 aromatic heterocycles. The van der Waals surface area contributed by atoms with Gasteiger partial charge in [0, 0.05) is 10.9 Å². The molecule has 0 atom stereocenters. The largest absolute Gasteiger partial charge is 0.495 e. The van der Waals surface area contributed by atoms with Crippen molar-refractivity contribution in [3.05, 3.63) is 52.9 Å². The average Bonchev–Trinajstić information content (AvgIpc) is 3.09. The van der Waals surface area contributed by atoms with Crippen LogP contribution < -0.4 is 14.2 Å². The maximum absolute atomic E-state index is 13.1. The summed E-state index contributed by atoms with van der Waals surface area (Å²) in [5, 5.41) is 2.81. The Labute approximate surface area is 162 Å². The average molecular weight is 405 g/mol. The van der Waals surface area contributed by atoms with Crippen LogP contribution in [0, 0.1) is 6.92 Å². The van der Waals surface area contributed by atoms with Crippen LogP contribution in [-0.2, 0) is 10.0 Å². The molecule has 0 aliphatic heterocycles. The van der Waals surface area contributed by atoms with Crippen LogP contribution in [-0.4, -0.2) is 27.1 Å². The molecule has 0 saturated carbocycles. The van der Waals surface area contributed by atoms with E-state index in [1.165, 1.54) is 18.4 Å². The fourth-order valence-electron chi connectivity index (χ4n) is 2.58. The molecule has 0 amide bonds. The van der Waals surface area contributed by atoms with Gasteiger partial charge in [-0.25, -0.2) is 13.4 Å². The van der Waals surface area contributed by atoms with Crippen LogP contribution in [0.25, 0.3) is 11.3 Å². The van der Waals surface area contributed by atoms with Gasteiger partial charge in [-0.3, -0.25) is 4.72 Å². The highest BCUT2D eigenvalue weighted by atomic mass is 32.2. The fraction of sp³-hybridized carbons (Fsp3) is 0.211. The number of ether oxygens (including phenoxy) is 2. The zero-order chi connectivity index (χ0) is 19.4. The number of methoxy groups -OCH3 is 1. The zero-order valence-electron chi connectivity index (χ0n) is 15.2. The Morgan fingerprint density at radius 1 is 1.15 bits per heavy atom. The normalized spacial score (nSPS) is 11.2. The lowest BCUT2D eigenvalue weighted by Gasteiger charge is -2.15. The van der Waals surface area contributed by atoms with Crippen molar-refractivity contribution >= 4 is 27.0 Å². The lowest BCUT2D eigenvalue weighted by Crippen LogP contribution is -2.15. The molecule has 2 aromatic carbocycles. The number of aryl methyl sites for hydroxylation is 1. The highest BCUT2D eigenvalue weighted by Gasteiger charge is 2.22. The summed E-state index contributed by atoms with van der Waals surface area (Å²) in [7, 11) is -2.41. The van der Waals surface area contributed by atoms with Gasteiger partial charge >= 0.3 is 0 Å². The molecule has 0 unspecified atom stereocenters. The predicted octanol–water partition coefficient (Wildman–Crippen LogP) is 4.33. The molecule has 3 aromatic rings. The first-order chi connectivity index (χ1) is 12.9. The van der Waals surface area contributed by atoms with Crippen molar-refractivity contribution in [1.29, 1.82) is 0 Å². The summed E-state index contributed by atoms with van der Waals surface area (Å²) in [5.41, 5.74) is 1.80. The van der Waals surface area contributed by atoms with Gasteiger partial charge in [0.25, 0.3) is 10.0 Å². The van der Waals surface area contributed by atoms with Crippen molar-refractivity contribution in [3.63, 3.8) is 0 Å². The molecule has 0 aliphatic rings. The molecule has 3 rings (SSSR count). The number of aromatic nitrogens is 1. The van der Waals surface area contributed by atoms with Crippen LogP contribution in [0.2, 0.25) is 0 Å². The van der Waals surface area contributed by atoms with E-state index < -0.39 is 10.0 Å². The lowest BCUT2D eigenvalue weighted by atomic mass is 10.2. The molecule has 0 spiro atoms. The number of hydrogen-bond acceptors (Lipinski definition) is 6. The predicted molar refractivity (Wildman–Crippen MR) is 107 cm³/mol. The van der Waals surface area contributed by atoms with Gasteiger partial charge in [0.1, 0.15) is 16.4 Å². The van der Waals surface area contributed by atoms with Crippen molar-refractivity contribution in [2.24, 2.45) is 0 Å². The third-order valence-corrected chi connectivity index (χ3v) is 5.96. The molecule has 1 N–H and O–H groups in total. The second kappa shape index (κ2) is 7.98. The maximum Gasteiger partial charge on any atom is 0.265 e. The molecule has 0 fully saturated rings. The van der Waals surface area contributed by atoms with Crippen molar-refractivity contribution < 1.29 is 17.9 Å².